The number of thiophene rings is 1. The largest absolute Gasteiger partial charge is 0.465 e. The van der Waals surface area contributed by atoms with Crippen LogP contribution in [0.2, 0.25) is 0 Å². The van der Waals surface area contributed by atoms with E-state index in [1.54, 1.807) is 11.3 Å². The minimum atomic E-state index is 0.780. The molecule has 0 fully saturated rings. The van der Waals surface area contributed by atoms with Gasteiger partial charge in [-0.15, -0.1) is 11.3 Å². The summed E-state index contributed by atoms with van der Waals surface area (Å²) in [6.07, 6.45) is 0. The van der Waals surface area contributed by atoms with Gasteiger partial charge in [0.15, 0.2) is 0 Å². The van der Waals surface area contributed by atoms with E-state index >= 15 is 0 Å². The third-order valence-electron chi connectivity index (χ3n) is 2.91. The summed E-state index contributed by atoms with van der Waals surface area (Å²) in [5.41, 5.74) is 1.27. The molecule has 0 saturated heterocycles. The Labute approximate surface area is 126 Å². The Balaban J connectivity index is 1.96. The molecule has 0 bridgehead atoms. The van der Waals surface area contributed by atoms with Crippen molar-refractivity contribution in [2.75, 3.05) is 14.1 Å². The summed E-state index contributed by atoms with van der Waals surface area (Å²) in [5, 5.41) is 5.23. The Hall–Kier alpha value is -0.620. The van der Waals surface area contributed by atoms with Gasteiger partial charge in [-0.3, -0.25) is 4.90 Å². The minimum absolute atomic E-state index is 0.780. The smallest absolute Gasteiger partial charge is 0.118 e. The van der Waals surface area contributed by atoms with E-state index in [1.165, 1.54) is 10.4 Å². The highest BCUT2D eigenvalue weighted by Gasteiger charge is 2.10. The van der Waals surface area contributed by atoms with Gasteiger partial charge in [-0.25, -0.2) is 0 Å². The van der Waals surface area contributed by atoms with Crippen molar-refractivity contribution in [3.8, 4) is 0 Å². The quantitative estimate of drug-likeness (QED) is 0.866. The monoisotopic (exact) mass is 342 g/mol. The van der Waals surface area contributed by atoms with Gasteiger partial charge in [-0.2, -0.15) is 0 Å². The van der Waals surface area contributed by atoms with E-state index in [9.17, 15) is 0 Å². The first-order chi connectivity index (χ1) is 9.08. The van der Waals surface area contributed by atoms with Crippen LogP contribution >= 0.6 is 27.3 Å². The van der Waals surface area contributed by atoms with E-state index in [1.807, 2.05) is 14.0 Å². The summed E-state index contributed by atoms with van der Waals surface area (Å²) in [5.74, 6) is 2.02. The molecule has 2 heterocycles. The minimum Gasteiger partial charge on any atom is -0.465 e. The predicted octanol–water partition coefficient (Wildman–Crippen LogP) is 3.76. The number of halogens is 1. The molecule has 0 amide bonds. The summed E-state index contributed by atoms with van der Waals surface area (Å²) >= 11 is 5.28. The first kappa shape index (κ1) is 14.8. The second kappa shape index (κ2) is 6.70. The molecule has 0 aliphatic rings. The number of nitrogens with zero attached hydrogens (tertiary/aromatic N) is 1. The van der Waals surface area contributed by atoms with Crippen LogP contribution in [0.5, 0.6) is 0 Å². The highest BCUT2D eigenvalue weighted by atomic mass is 79.9. The lowest BCUT2D eigenvalue weighted by Crippen LogP contribution is -2.16. The van der Waals surface area contributed by atoms with Crippen molar-refractivity contribution in [1.29, 1.82) is 0 Å². The van der Waals surface area contributed by atoms with Gasteiger partial charge < -0.3 is 9.73 Å². The normalized spacial score (nSPS) is 11.4. The zero-order valence-corrected chi connectivity index (χ0v) is 13.9. The molecule has 104 valence electrons. The summed E-state index contributed by atoms with van der Waals surface area (Å²) < 4.78 is 6.88. The Morgan fingerprint density at radius 2 is 2.16 bits per heavy atom. The molecule has 0 atom stereocenters. The molecule has 2 rings (SSSR count). The Morgan fingerprint density at radius 1 is 1.37 bits per heavy atom. The molecule has 0 unspecified atom stereocenters. The van der Waals surface area contributed by atoms with Crippen LogP contribution < -0.4 is 5.32 Å². The van der Waals surface area contributed by atoms with Crippen LogP contribution in [-0.4, -0.2) is 19.0 Å². The van der Waals surface area contributed by atoms with Crippen LogP contribution in [0, 0.1) is 6.92 Å². The summed E-state index contributed by atoms with van der Waals surface area (Å²) in [4.78, 5) is 3.67. The maximum absolute atomic E-state index is 5.72. The van der Waals surface area contributed by atoms with Gasteiger partial charge in [0, 0.05) is 33.4 Å². The third kappa shape index (κ3) is 4.18. The topological polar surface area (TPSA) is 28.4 Å². The van der Waals surface area contributed by atoms with Crippen LogP contribution in [0.4, 0.5) is 0 Å². The maximum Gasteiger partial charge on any atom is 0.118 e. The number of hydrogen-bond acceptors (Lipinski definition) is 4. The van der Waals surface area contributed by atoms with Crippen molar-refractivity contribution >= 4 is 27.3 Å². The van der Waals surface area contributed by atoms with Gasteiger partial charge in [0.1, 0.15) is 11.5 Å². The first-order valence-corrected chi connectivity index (χ1v) is 7.90. The molecule has 19 heavy (non-hydrogen) atoms. The zero-order chi connectivity index (χ0) is 13.8. The van der Waals surface area contributed by atoms with Gasteiger partial charge >= 0.3 is 0 Å². The number of hydrogen-bond donors (Lipinski definition) is 1. The molecule has 0 aromatic carbocycles. The summed E-state index contributed by atoms with van der Waals surface area (Å²) in [6, 6.07) is 4.32. The molecule has 0 aliphatic carbocycles. The van der Waals surface area contributed by atoms with Gasteiger partial charge in [-0.1, -0.05) is 0 Å². The average Bonchev–Trinajstić information content (AvgIpc) is 2.87. The summed E-state index contributed by atoms with van der Waals surface area (Å²) in [7, 11) is 4.07. The fourth-order valence-corrected chi connectivity index (χ4v) is 3.59. The molecule has 2 aromatic rings. The Morgan fingerprint density at radius 3 is 2.79 bits per heavy atom. The van der Waals surface area contributed by atoms with Gasteiger partial charge in [-0.05, 0) is 49.1 Å². The van der Waals surface area contributed by atoms with Crippen molar-refractivity contribution in [3.63, 3.8) is 0 Å². The van der Waals surface area contributed by atoms with E-state index in [2.05, 4.69) is 50.7 Å². The molecule has 1 N–H and O–H groups in total. The number of nitrogens with one attached hydrogen (secondary N) is 1. The Kier molecular flexibility index (Phi) is 5.21. The van der Waals surface area contributed by atoms with E-state index < -0.39 is 0 Å². The zero-order valence-electron chi connectivity index (χ0n) is 11.5. The van der Waals surface area contributed by atoms with E-state index in [0.29, 0.717) is 0 Å². The number of aryl methyl sites for hydroxylation is 1. The lowest BCUT2D eigenvalue weighted by atomic mass is 10.2. The molecule has 0 saturated carbocycles. The highest BCUT2D eigenvalue weighted by molar-refractivity contribution is 9.10. The molecule has 2 aromatic heterocycles. The summed E-state index contributed by atoms with van der Waals surface area (Å²) in [6.45, 7) is 4.68. The molecule has 0 radical (unpaired) electrons. The molecular formula is C14H19BrN2OS. The van der Waals surface area contributed by atoms with E-state index in [0.717, 1.165) is 35.6 Å². The Bertz CT molecular complexity index is 535. The second-order valence-corrected chi connectivity index (χ2v) is 6.64. The molecule has 0 spiro atoms. The molecular weight excluding hydrogens is 324 g/mol. The van der Waals surface area contributed by atoms with Crippen LogP contribution in [0.1, 0.15) is 22.0 Å². The van der Waals surface area contributed by atoms with Gasteiger partial charge in [0.25, 0.3) is 0 Å². The van der Waals surface area contributed by atoms with Gasteiger partial charge in [0.2, 0.25) is 0 Å². The SMILES string of the molecule is CNCc1cc(CN(C)Cc2cc(Br)cs2)c(C)o1. The highest BCUT2D eigenvalue weighted by Crippen LogP contribution is 2.22. The lowest BCUT2D eigenvalue weighted by molar-refractivity contribution is 0.319. The van der Waals surface area contributed by atoms with Crippen LogP contribution in [-0.2, 0) is 19.6 Å². The van der Waals surface area contributed by atoms with E-state index in [4.69, 9.17) is 4.42 Å². The fraction of sp³-hybridized carbons (Fsp3) is 0.429. The van der Waals surface area contributed by atoms with Crippen molar-refractivity contribution < 1.29 is 4.42 Å². The standard InChI is InChI=1S/C14H19BrN2OS/c1-10-11(4-13(18-10)6-16-2)7-17(3)8-14-5-12(15)9-19-14/h4-5,9,16H,6-8H2,1-3H3. The average molecular weight is 343 g/mol. The van der Waals surface area contributed by atoms with Crippen molar-refractivity contribution in [3.05, 3.63) is 43.9 Å². The van der Waals surface area contributed by atoms with E-state index in [-0.39, 0.29) is 0 Å². The van der Waals surface area contributed by atoms with Crippen LogP contribution in [0.15, 0.2) is 26.4 Å². The molecule has 3 nitrogen and oxygen atoms in total. The lowest BCUT2D eigenvalue weighted by Gasteiger charge is -2.14. The second-order valence-electron chi connectivity index (χ2n) is 4.73. The number of rotatable bonds is 6. The molecule has 5 heteroatoms. The van der Waals surface area contributed by atoms with Crippen molar-refractivity contribution in [1.82, 2.24) is 10.2 Å². The third-order valence-corrected chi connectivity index (χ3v) is 4.59. The maximum atomic E-state index is 5.72. The van der Waals surface area contributed by atoms with Crippen LogP contribution in [0.25, 0.3) is 0 Å². The predicted molar refractivity (Wildman–Crippen MR) is 83.4 cm³/mol. The number of furan rings is 1. The first-order valence-electron chi connectivity index (χ1n) is 6.22. The molecule has 0 aliphatic heterocycles. The van der Waals surface area contributed by atoms with Gasteiger partial charge in [0.05, 0.1) is 6.54 Å². The fourth-order valence-electron chi connectivity index (χ4n) is 2.06. The van der Waals surface area contributed by atoms with Crippen molar-refractivity contribution in [2.24, 2.45) is 0 Å². The van der Waals surface area contributed by atoms with Crippen molar-refractivity contribution in [2.45, 2.75) is 26.6 Å². The van der Waals surface area contributed by atoms with Crippen LogP contribution in [0.3, 0.4) is 0 Å².